The predicted octanol–water partition coefficient (Wildman–Crippen LogP) is -0.209. The minimum atomic E-state index is -3.91. The number of halogens is 1. The van der Waals surface area contributed by atoms with Crippen LogP contribution in [0.1, 0.15) is 0 Å². The van der Waals surface area contributed by atoms with Gasteiger partial charge in [-0.1, -0.05) is 0 Å². The largest absolute Gasteiger partial charge is 0.396 e. The summed E-state index contributed by atoms with van der Waals surface area (Å²) in [5, 5.41) is 2.50. The summed E-state index contributed by atoms with van der Waals surface area (Å²) in [4.78, 5) is 11.4. The van der Waals surface area contributed by atoms with Crippen LogP contribution < -0.4 is 11.1 Å². The molecule has 1 aromatic carbocycles. The molecule has 0 fully saturated rings. The van der Waals surface area contributed by atoms with Crippen molar-refractivity contribution in [1.82, 2.24) is 9.62 Å². The number of methoxy groups -OCH3 is 1. The number of likely N-dealkylation sites (N-methyl/N-ethyl adjacent to an activating group) is 1. The zero-order valence-corrected chi connectivity index (χ0v) is 12.6. The highest BCUT2D eigenvalue weighted by atomic mass is 32.2. The third-order valence-corrected chi connectivity index (χ3v) is 4.47. The van der Waals surface area contributed by atoms with Gasteiger partial charge < -0.3 is 15.8 Å². The van der Waals surface area contributed by atoms with Crippen LogP contribution in [0, 0.1) is 5.82 Å². The van der Waals surface area contributed by atoms with E-state index in [1.54, 1.807) is 0 Å². The number of nitrogens with zero attached hydrogens (tertiary/aromatic N) is 1. The van der Waals surface area contributed by atoms with E-state index in [4.69, 9.17) is 10.5 Å². The second-order valence-electron chi connectivity index (χ2n) is 4.29. The Kier molecular flexibility index (Phi) is 6.06. The number of rotatable bonds is 7. The van der Waals surface area contributed by atoms with Crippen molar-refractivity contribution < 1.29 is 22.3 Å². The van der Waals surface area contributed by atoms with E-state index in [9.17, 15) is 17.6 Å². The summed E-state index contributed by atoms with van der Waals surface area (Å²) in [7, 11) is -1.17. The maximum Gasteiger partial charge on any atom is 0.243 e. The number of nitrogens with one attached hydrogen (secondary N) is 1. The van der Waals surface area contributed by atoms with Crippen molar-refractivity contribution in [2.45, 2.75) is 4.90 Å². The Morgan fingerprint density at radius 2 is 2.14 bits per heavy atom. The number of anilines is 1. The van der Waals surface area contributed by atoms with Gasteiger partial charge in [-0.25, -0.2) is 12.8 Å². The third kappa shape index (κ3) is 4.66. The highest BCUT2D eigenvalue weighted by Gasteiger charge is 2.23. The molecule has 0 saturated carbocycles. The van der Waals surface area contributed by atoms with Gasteiger partial charge in [-0.2, -0.15) is 4.31 Å². The van der Waals surface area contributed by atoms with Crippen molar-refractivity contribution in [1.29, 1.82) is 0 Å². The van der Waals surface area contributed by atoms with E-state index in [0.29, 0.717) is 6.61 Å². The topological polar surface area (TPSA) is 102 Å². The van der Waals surface area contributed by atoms with Crippen molar-refractivity contribution in [3.8, 4) is 0 Å². The lowest BCUT2D eigenvalue weighted by molar-refractivity contribution is -0.121. The lowest BCUT2D eigenvalue weighted by atomic mass is 10.3. The molecule has 0 radical (unpaired) electrons. The zero-order chi connectivity index (χ0) is 16.0. The molecule has 1 rings (SSSR count). The van der Waals surface area contributed by atoms with E-state index in [1.807, 2.05) is 0 Å². The molecular weight excluding hydrogens is 301 g/mol. The second kappa shape index (κ2) is 7.34. The van der Waals surface area contributed by atoms with Crippen LogP contribution in [0.3, 0.4) is 0 Å². The van der Waals surface area contributed by atoms with E-state index in [2.05, 4.69) is 5.32 Å². The van der Waals surface area contributed by atoms with Crippen LogP contribution in [-0.4, -0.2) is 52.5 Å². The summed E-state index contributed by atoms with van der Waals surface area (Å²) in [6.45, 7) is 0.257. The SMILES string of the molecule is COCCNC(=O)CN(C)S(=O)(=O)c1ccc(F)c(N)c1. The summed E-state index contributed by atoms with van der Waals surface area (Å²) in [6, 6.07) is 3.08. The van der Waals surface area contributed by atoms with Crippen LogP contribution in [0.4, 0.5) is 10.1 Å². The molecule has 0 aliphatic carbocycles. The zero-order valence-electron chi connectivity index (χ0n) is 11.8. The quantitative estimate of drug-likeness (QED) is 0.535. The standard InChI is InChI=1S/C12H18FN3O4S/c1-16(8-12(17)15-5-6-20-2)21(18,19)9-3-4-10(13)11(14)7-9/h3-4,7H,5-6,8,14H2,1-2H3,(H,15,17). The lowest BCUT2D eigenvalue weighted by Crippen LogP contribution is -2.39. The Morgan fingerprint density at radius 1 is 1.48 bits per heavy atom. The highest BCUT2D eigenvalue weighted by molar-refractivity contribution is 7.89. The maximum absolute atomic E-state index is 13.1. The van der Waals surface area contributed by atoms with Gasteiger partial charge in [-0.05, 0) is 18.2 Å². The van der Waals surface area contributed by atoms with Gasteiger partial charge >= 0.3 is 0 Å². The molecule has 0 atom stereocenters. The second-order valence-corrected chi connectivity index (χ2v) is 6.33. The number of amides is 1. The smallest absolute Gasteiger partial charge is 0.243 e. The number of nitrogens with two attached hydrogens (primary N) is 1. The molecule has 7 nitrogen and oxygen atoms in total. The molecule has 1 aromatic rings. The van der Waals surface area contributed by atoms with Crippen molar-refractivity contribution in [2.24, 2.45) is 0 Å². The van der Waals surface area contributed by atoms with Crippen molar-refractivity contribution >= 4 is 21.6 Å². The van der Waals surface area contributed by atoms with Gasteiger partial charge in [0.1, 0.15) is 5.82 Å². The summed E-state index contributed by atoms with van der Waals surface area (Å²) in [5.74, 6) is -1.16. The Bertz CT molecular complexity index is 607. The first-order valence-electron chi connectivity index (χ1n) is 6.06. The first-order chi connectivity index (χ1) is 9.78. The molecule has 9 heteroatoms. The van der Waals surface area contributed by atoms with Gasteiger partial charge in [-0.15, -0.1) is 0 Å². The van der Waals surface area contributed by atoms with E-state index in [1.165, 1.54) is 14.2 Å². The molecule has 0 aliphatic heterocycles. The first-order valence-corrected chi connectivity index (χ1v) is 7.50. The number of hydrogen-bond donors (Lipinski definition) is 2. The molecule has 0 unspecified atom stereocenters. The van der Waals surface area contributed by atoms with Crippen molar-refractivity contribution in [2.75, 3.05) is 39.6 Å². The summed E-state index contributed by atoms with van der Waals surface area (Å²) in [5.41, 5.74) is 5.08. The fourth-order valence-corrected chi connectivity index (χ4v) is 2.66. The van der Waals surface area contributed by atoms with Gasteiger partial charge in [0.15, 0.2) is 0 Å². The summed E-state index contributed by atoms with van der Waals surface area (Å²) >= 11 is 0. The van der Waals surface area contributed by atoms with Crippen molar-refractivity contribution in [3.63, 3.8) is 0 Å². The monoisotopic (exact) mass is 319 g/mol. The number of ether oxygens (including phenoxy) is 1. The Balaban J connectivity index is 2.77. The fourth-order valence-electron chi connectivity index (χ4n) is 1.50. The maximum atomic E-state index is 13.1. The molecule has 118 valence electrons. The minimum absolute atomic E-state index is 0.173. The van der Waals surface area contributed by atoms with Gasteiger partial charge in [0.25, 0.3) is 0 Å². The number of carbonyl (C=O) groups is 1. The van der Waals surface area contributed by atoms with E-state index < -0.39 is 21.7 Å². The number of sulfonamides is 1. The predicted molar refractivity (Wildman–Crippen MR) is 75.5 cm³/mol. The molecule has 0 saturated heterocycles. The molecule has 0 aromatic heterocycles. The fraction of sp³-hybridized carbons (Fsp3) is 0.417. The van der Waals surface area contributed by atoms with Crippen molar-refractivity contribution in [3.05, 3.63) is 24.0 Å². The number of benzene rings is 1. The summed E-state index contributed by atoms with van der Waals surface area (Å²) in [6.07, 6.45) is 0. The van der Waals surface area contributed by atoms with Crippen LogP contribution in [-0.2, 0) is 19.6 Å². The first kappa shape index (κ1) is 17.3. The Labute approximate surface area is 122 Å². The molecular formula is C12H18FN3O4S. The van der Waals surface area contributed by atoms with Crippen LogP contribution >= 0.6 is 0 Å². The van der Waals surface area contributed by atoms with Gasteiger partial charge in [0, 0.05) is 20.7 Å². The van der Waals surface area contributed by atoms with Gasteiger partial charge in [0.05, 0.1) is 23.7 Å². The Hall–Kier alpha value is -1.71. The normalized spacial score (nSPS) is 11.6. The Morgan fingerprint density at radius 3 is 2.71 bits per heavy atom. The van der Waals surface area contributed by atoms with Crippen LogP contribution in [0.15, 0.2) is 23.1 Å². The molecule has 0 bridgehead atoms. The van der Waals surface area contributed by atoms with E-state index >= 15 is 0 Å². The number of nitrogen functional groups attached to an aromatic ring is 1. The van der Waals surface area contributed by atoms with Crippen LogP contribution in [0.25, 0.3) is 0 Å². The summed E-state index contributed by atoms with van der Waals surface area (Å²) < 4.78 is 43.1. The third-order valence-electron chi connectivity index (χ3n) is 2.67. The van der Waals surface area contributed by atoms with E-state index in [0.717, 1.165) is 22.5 Å². The number of carbonyl (C=O) groups excluding carboxylic acids is 1. The average Bonchev–Trinajstić information content (AvgIpc) is 2.41. The molecule has 0 heterocycles. The van der Waals surface area contributed by atoms with Gasteiger partial charge in [-0.3, -0.25) is 4.79 Å². The molecule has 21 heavy (non-hydrogen) atoms. The minimum Gasteiger partial charge on any atom is -0.396 e. The molecule has 1 amide bonds. The van der Waals surface area contributed by atoms with Gasteiger partial charge in [0.2, 0.25) is 15.9 Å². The number of hydrogen-bond acceptors (Lipinski definition) is 5. The molecule has 3 N–H and O–H groups in total. The van der Waals surface area contributed by atoms with E-state index in [-0.39, 0.29) is 23.7 Å². The molecule has 0 aliphatic rings. The van der Waals surface area contributed by atoms with Crippen LogP contribution in [0.5, 0.6) is 0 Å². The molecule has 0 spiro atoms. The average molecular weight is 319 g/mol. The van der Waals surface area contributed by atoms with Crippen LogP contribution in [0.2, 0.25) is 0 Å². The highest BCUT2D eigenvalue weighted by Crippen LogP contribution is 2.19. The lowest BCUT2D eigenvalue weighted by Gasteiger charge is -2.17.